The molecule has 1 aromatic heterocycles. The maximum Gasteiger partial charge on any atom is 0.432 e. The molecule has 268 valence electrons. The molecule has 0 saturated heterocycles. The van der Waals surface area contributed by atoms with Crippen molar-refractivity contribution in [2.75, 3.05) is 7.11 Å². The van der Waals surface area contributed by atoms with Gasteiger partial charge in [-0.2, -0.15) is 13.2 Å². The van der Waals surface area contributed by atoms with Gasteiger partial charge in [-0.3, -0.25) is 0 Å². The van der Waals surface area contributed by atoms with Crippen molar-refractivity contribution in [3.63, 3.8) is 0 Å². The molecule has 1 heterocycles. The molecule has 0 aliphatic carbocycles. The third-order valence-corrected chi connectivity index (χ3v) is 10.0. The van der Waals surface area contributed by atoms with Crippen molar-refractivity contribution < 1.29 is 45.4 Å². The van der Waals surface area contributed by atoms with E-state index in [0.717, 1.165) is 34.9 Å². The summed E-state index contributed by atoms with van der Waals surface area (Å²) in [5, 5.41) is 3.09. The SMILES string of the molecule is C=C[C@@H](OC(=O)C(OC)(c1ccccc1)C(F)(F)F)[C@H](Cc1cn(S(=O)(=O)c2c(C)cc(C)cc2C)c2ccccc12)NC(=O)OC(C)(C)C. The average molecular weight is 715 g/mol. The van der Waals surface area contributed by atoms with Gasteiger partial charge in [0.05, 0.1) is 16.5 Å². The van der Waals surface area contributed by atoms with Crippen LogP contribution >= 0.6 is 0 Å². The number of ether oxygens (including phenoxy) is 3. The predicted molar refractivity (Wildman–Crippen MR) is 183 cm³/mol. The minimum absolute atomic E-state index is 0.126. The van der Waals surface area contributed by atoms with Gasteiger partial charge in [0, 0.05) is 24.3 Å². The summed E-state index contributed by atoms with van der Waals surface area (Å²) in [6.07, 6.45) is -5.52. The largest absolute Gasteiger partial charge is 0.453 e. The van der Waals surface area contributed by atoms with Gasteiger partial charge in [0.2, 0.25) is 0 Å². The van der Waals surface area contributed by atoms with E-state index in [4.69, 9.17) is 14.2 Å². The molecule has 1 unspecified atom stereocenters. The summed E-state index contributed by atoms with van der Waals surface area (Å²) in [4.78, 5) is 26.9. The van der Waals surface area contributed by atoms with Gasteiger partial charge in [-0.15, -0.1) is 0 Å². The number of aromatic nitrogens is 1. The van der Waals surface area contributed by atoms with Crippen LogP contribution in [0.25, 0.3) is 10.9 Å². The van der Waals surface area contributed by atoms with Crippen LogP contribution in [0, 0.1) is 20.8 Å². The number of halogens is 3. The lowest BCUT2D eigenvalue weighted by molar-refractivity contribution is -0.277. The van der Waals surface area contributed by atoms with Crippen LogP contribution in [-0.2, 0) is 41.1 Å². The number of fused-ring (bicyclic) bond motifs is 1. The number of hydrogen-bond donors (Lipinski definition) is 1. The molecule has 0 aliphatic rings. The van der Waals surface area contributed by atoms with Crippen molar-refractivity contribution in [3.8, 4) is 0 Å². The van der Waals surface area contributed by atoms with E-state index in [0.29, 0.717) is 27.6 Å². The van der Waals surface area contributed by atoms with Crippen molar-refractivity contribution in [2.24, 2.45) is 0 Å². The van der Waals surface area contributed by atoms with Gasteiger partial charge in [-0.1, -0.05) is 72.8 Å². The van der Waals surface area contributed by atoms with Crippen molar-refractivity contribution in [1.82, 2.24) is 9.29 Å². The smallest absolute Gasteiger partial charge is 0.432 e. The Labute approximate surface area is 290 Å². The Balaban J connectivity index is 1.83. The van der Waals surface area contributed by atoms with Crippen molar-refractivity contribution in [3.05, 3.63) is 113 Å². The fourth-order valence-electron chi connectivity index (χ4n) is 6.08. The Morgan fingerprint density at radius 3 is 2.08 bits per heavy atom. The predicted octanol–water partition coefficient (Wildman–Crippen LogP) is 7.44. The lowest BCUT2D eigenvalue weighted by Gasteiger charge is -2.35. The molecule has 50 heavy (non-hydrogen) atoms. The minimum Gasteiger partial charge on any atom is -0.453 e. The lowest BCUT2D eigenvalue weighted by Crippen LogP contribution is -2.55. The first kappa shape index (κ1) is 38.2. The van der Waals surface area contributed by atoms with Crippen LogP contribution in [0.2, 0.25) is 0 Å². The molecule has 3 atom stereocenters. The number of para-hydroxylation sites is 1. The maximum atomic E-state index is 14.7. The molecule has 9 nitrogen and oxygen atoms in total. The lowest BCUT2D eigenvalue weighted by atomic mass is 9.92. The number of amides is 1. The highest BCUT2D eigenvalue weighted by atomic mass is 32.2. The van der Waals surface area contributed by atoms with Crippen LogP contribution in [0.3, 0.4) is 0 Å². The number of hydrogen-bond acceptors (Lipinski definition) is 7. The van der Waals surface area contributed by atoms with Gasteiger partial charge in [-0.25, -0.2) is 22.0 Å². The van der Waals surface area contributed by atoms with Gasteiger partial charge in [-0.05, 0) is 76.8 Å². The highest BCUT2D eigenvalue weighted by molar-refractivity contribution is 7.90. The minimum atomic E-state index is -5.26. The van der Waals surface area contributed by atoms with E-state index in [1.54, 1.807) is 71.0 Å². The molecule has 0 spiro atoms. The topological polar surface area (TPSA) is 113 Å². The summed E-state index contributed by atoms with van der Waals surface area (Å²) in [5.41, 5.74) is -2.29. The molecule has 0 bridgehead atoms. The normalized spacial score (nSPS) is 14.8. The molecule has 0 fully saturated rings. The molecule has 0 saturated carbocycles. The molecular formula is C37H41F3N2O7S. The van der Waals surface area contributed by atoms with Crippen LogP contribution < -0.4 is 5.32 Å². The fourth-order valence-corrected chi connectivity index (χ4v) is 7.90. The van der Waals surface area contributed by atoms with E-state index < -0.39 is 57.2 Å². The van der Waals surface area contributed by atoms with E-state index in [2.05, 4.69) is 11.9 Å². The summed E-state index contributed by atoms with van der Waals surface area (Å²) in [6, 6.07) is 15.2. The van der Waals surface area contributed by atoms with Crippen LogP contribution in [0.15, 0.2) is 90.5 Å². The number of alkyl carbamates (subject to hydrolysis) is 1. The van der Waals surface area contributed by atoms with E-state index in [-0.39, 0.29) is 11.3 Å². The van der Waals surface area contributed by atoms with E-state index >= 15 is 0 Å². The Morgan fingerprint density at radius 1 is 0.960 bits per heavy atom. The summed E-state index contributed by atoms with van der Waals surface area (Å²) >= 11 is 0. The number of nitrogens with zero attached hydrogens (tertiary/aromatic N) is 1. The van der Waals surface area contributed by atoms with Crippen molar-refractivity contribution in [2.45, 2.75) is 82.4 Å². The number of methoxy groups -OCH3 is 1. The third-order valence-electron chi connectivity index (χ3n) is 8.07. The first-order chi connectivity index (χ1) is 23.3. The van der Waals surface area contributed by atoms with Gasteiger partial charge >= 0.3 is 18.2 Å². The second kappa shape index (κ2) is 14.3. The molecule has 1 amide bonds. The standard InChI is InChI=1S/C37H41F3N2O7S/c1-9-31(48-33(43)36(47-8,37(38,39)40)27-15-11-10-12-16-27)29(41-34(44)49-35(5,6)7)21-26-22-42(30-18-14-13-17-28(26)30)50(45,46)32-24(3)19-23(2)20-25(32)4/h9-20,22,29,31H,1,21H2,2-8H3,(H,41,44)/t29-,31+,36?/m0/s1. The maximum absolute atomic E-state index is 14.7. The summed E-state index contributed by atoms with van der Waals surface area (Å²) < 4.78 is 89.5. The number of nitrogens with one attached hydrogen (secondary N) is 1. The molecule has 3 aromatic carbocycles. The first-order valence-electron chi connectivity index (χ1n) is 15.7. The average Bonchev–Trinajstić information content (AvgIpc) is 3.37. The number of alkyl halides is 3. The summed E-state index contributed by atoms with van der Waals surface area (Å²) in [6.45, 7) is 13.8. The van der Waals surface area contributed by atoms with Crippen molar-refractivity contribution >= 4 is 33.0 Å². The Kier molecular flexibility index (Phi) is 10.9. The van der Waals surface area contributed by atoms with Crippen LogP contribution in [0.5, 0.6) is 0 Å². The summed E-state index contributed by atoms with van der Waals surface area (Å²) in [7, 11) is -3.42. The van der Waals surface area contributed by atoms with Gasteiger partial charge in [0.15, 0.2) is 0 Å². The molecule has 4 rings (SSSR count). The van der Waals surface area contributed by atoms with Crippen molar-refractivity contribution in [1.29, 1.82) is 0 Å². The van der Waals surface area contributed by atoms with Gasteiger partial charge in [0.25, 0.3) is 15.6 Å². The van der Waals surface area contributed by atoms with Crippen LogP contribution in [0.1, 0.15) is 48.6 Å². The zero-order chi connectivity index (χ0) is 37.2. The van der Waals surface area contributed by atoms with Gasteiger partial charge < -0.3 is 19.5 Å². The monoisotopic (exact) mass is 714 g/mol. The molecule has 13 heteroatoms. The zero-order valence-electron chi connectivity index (χ0n) is 28.9. The van der Waals surface area contributed by atoms with E-state index in [1.165, 1.54) is 24.4 Å². The second-order valence-electron chi connectivity index (χ2n) is 13.0. The number of aryl methyl sites for hydroxylation is 3. The number of rotatable bonds is 11. The fraction of sp³-hybridized carbons (Fsp3) is 0.351. The van der Waals surface area contributed by atoms with Gasteiger partial charge in [0.1, 0.15) is 11.7 Å². The Bertz CT molecular complexity index is 1980. The summed E-state index contributed by atoms with van der Waals surface area (Å²) in [5.74, 6) is -1.80. The molecular weight excluding hydrogens is 673 g/mol. The van der Waals surface area contributed by atoms with E-state index in [9.17, 15) is 31.2 Å². The third kappa shape index (κ3) is 7.58. The number of carbonyl (C=O) groups is 2. The zero-order valence-corrected chi connectivity index (χ0v) is 29.7. The quantitative estimate of drug-likeness (QED) is 0.127. The highest BCUT2D eigenvalue weighted by Gasteiger charge is 2.64. The Hall–Kier alpha value is -4.62. The second-order valence-corrected chi connectivity index (χ2v) is 14.8. The number of benzene rings is 3. The molecule has 4 aromatic rings. The molecule has 0 radical (unpaired) electrons. The first-order valence-corrected chi connectivity index (χ1v) is 17.1. The highest BCUT2D eigenvalue weighted by Crippen LogP contribution is 2.43. The van der Waals surface area contributed by atoms with Crippen LogP contribution in [0.4, 0.5) is 18.0 Å². The number of carbonyl (C=O) groups excluding carboxylic acids is 2. The molecule has 0 aliphatic heterocycles. The Morgan fingerprint density at radius 2 is 1.54 bits per heavy atom. The van der Waals surface area contributed by atoms with E-state index in [1.807, 2.05) is 6.92 Å². The number of esters is 1. The van der Waals surface area contributed by atoms with Crippen LogP contribution in [-0.4, -0.2) is 55.5 Å². The molecule has 1 N–H and O–H groups in total.